The first kappa shape index (κ1) is 87.0. The molecule has 0 fully saturated rings. The number of rotatable bonds is 9. The largest absolute Gasteiger partial charge is 0.458 e. The van der Waals surface area contributed by atoms with Crippen molar-refractivity contribution in [1.82, 2.24) is 23.7 Å². The molecule has 0 saturated heterocycles. The minimum atomic E-state index is -0.410. The molecular formula is C126H121BN6OS. The zero-order valence-electron chi connectivity index (χ0n) is 82.9. The van der Waals surface area contributed by atoms with Crippen LogP contribution in [0.15, 0.2) is 297 Å². The number of benzene rings is 14. The number of nitrogens with zero attached hydrogens (tertiary/aromatic N) is 6. The lowest BCUT2D eigenvalue weighted by Gasteiger charge is -2.41. The molecular weight excluding hydrogens is 1660 g/mol. The molecule has 22 rings (SSSR count). The Kier molecular flexibility index (Phi) is 19.7. The van der Waals surface area contributed by atoms with Crippen LogP contribution in [0.2, 0.25) is 0 Å². The molecule has 2 aliphatic rings. The van der Waals surface area contributed by atoms with Crippen molar-refractivity contribution >= 4 is 137 Å². The lowest BCUT2D eigenvalue weighted by Crippen LogP contribution is -2.59. The SMILES string of the molecule is CC(C)(C)c1cc(-c2cc(-c3ccc4c(c3)B3c5cc(-c6cc(-n7c8ccc(C(C)(C)C)cc8c8cc(C(C)(C)C)ccc87)cc(-n7c8ccccc8c8ccc9sc%10ccccc%10c9c87)n6)ccc5Oc5cc(-c6cc(C(C)(C)C)cc(C(C)(C)C)c6)cc(c53)N4c3ccccc3-c3ccccc3)nc(-n3c4ccc(C(C)(C)C)cc4c4cc(C(C)(C)C)ccc43)c2)cc(C(C)(C)C)c1. The minimum absolute atomic E-state index is 0.0922. The van der Waals surface area contributed by atoms with Crippen LogP contribution in [0.4, 0.5) is 17.1 Å². The molecule has 6 aromatic heterocycles. The molecule has 0 radical (unpaired) electrons. The van der Waals surface area contributed by atoms with E-state index in [-0.39, 0.29) is 43.3 Å². The van der Waals surface area contributed by atoms with E-state index < -0.39 is 6.71 Å². The molecule has 9 heteroatoms. The van der Waals surface area contributed by atoms with Gasteiger partial charge in [0.25, 0.3) is 6.71 Å². The summed E-state index contributed by atoms with van der Waals surface area (Å²) in [6.07, 6.45) is 0. The number of hydrogen-bond donors (Lipinski definition) is 0. The topological polar surface area (TPSA) is 53.0 Å². The second kappa shape index (κ2) is 30.6. The molecule has 8 heterocycles. The monoisotopic (exact) mass is 1780 g/mol. The van der Waals surface area contributed by atoms with Gasteiger partial charge in [0.1, 0.15) is 23.1 Å². The summed E-state index contributed by atoms with van der Waals surface area (Å²) in [6.45, 7) is 55.6. The highest BCUT2D eigenvalue weighted by atomic mass is 32.1. The summed E-state index contributed by atoms with van der Waals surface area (Å²) in [5, 5.41) is 9.71. The summed E-state index contributed by atoms with van der Waals surface area (Å²) in [5.74, 6) is 3.27. The van der Waals surface area contributed by atoms with Crippen LogP contribution < -0.4 is 26.0 Å². The van der Waals surface area contributed by atoms with E-state index in [1.54, 1.807) is 0 Å². The van der Waals surface area contributed by atoms with Crippen LogP contribution in [0.1, 0.15) is 211 Å². The van der Waals surface area contributed by atoms with Gasteiger partial charge < -0.3 is 14.2 Å². The van der Waals surface area contributed by atoms with Crippen LogP contribution in [0.25, 0.3) is 159 Å². The molecule has 135 heavy (non-hydrogen) atoms. The molecule has 670 valence electrons. The highest BCUT2D eigenvalue weighted by Crippen LogP contribution is 2.52. The van der Waals surface area contributed by atoms with E-state index in [4.69, 9.17) is 14.7 Å². The third-order valence-corrected chi connectivity index (χ3v) is 30.2. The number of ether oxygens (including phenoxy) is 1. The molecule has 0 unspecified atom stereocenters. The molecule has 14 aromatic carbocycles. The fourth-order valence-electron chi connectivity index (χ4n) is 21.1. The Bertz CT molecular complexity index is 8140. The van der Waals surface area contributed by atoms with Crippen LogP contribution in [-0.2, 0) is 43.3 Å². The Morgan fingerprint density at radius 2 is 0.704 bits per heavy atom. The second-order valence-corrected chi connectivity index (χ2v) is 47.9. The molecule has 0 bridgehead atoms. The van der Waals surface area contributed by atoms with Gasteiger partial charge >= 0.3 is 0 Å². The fraction of sp³-hybridized carbons (Fsp3) is 0.254. The predicted octanol–water partition coefficient (Wildman–Crippen LogP) is 33.3. The number of thiophene rings is 1. The molecule has 7 nitrogen and oxygen atoms in total. The van der Waals surface area contributed by atoms with Crippen molar-refractivity contribution in [3.63, 3.8) is 0 Å². The highest BCUT2D eigenvalue weighted by molar-refractivity contribution is 7.26. The van der Waals surface area contributed by atoms with Gasteiger partial charge in [-0.1, -0.05) is 336 Å². The Labute approximate surface area is 800 Å². The van der Waals surface area contributed by atoms with E-state index in [1.165, 1.54) is 97.0 Å². The van der Waals surface area contributed by atoms with E-state index in [0.717, 1.165) is 151 Å². The predicted molar refractivity (Wildman–Crippen MR) is 581 cm³/mol. The van der Waals surface area contributed by atoms with Crippen molar-refractivity contribution in [2.45, 2.75) is 209 Å². The van der Waals surface area contributed by atoms with Crippen LogP contribution >= 0.6 is 11.3 Å². The third-order valence-electron chi connectivity index (χ3n) is 29.1. The number of para-hydroxylation sites is 2. The molecule has 0 aliphatic carbocycles. The molecule has 0 saturated carbocycles. The van der Waals surface area contributed by atoms with Crippen molar-refractivity contribution in [3.05, 3.63) is 342 Å². The molecule has 0 amide bonds. The van der Waals surface area contributed by atoms with Crippen LogP contribution in [0, 0.1) is 0 Å². The molecule has 0 spiro atoms. The molecule has 20 aromatic rings. The Hall–Kier alpha value is -13.3. The standard InChI is InChI=1S/C126H121BN6OS/c1-119(2,3)81-44-50-104-94(68-81)95-69-82(120(4,5)6)45-51-105(95)130(104)89-72-101(129-115(73-89)133-103-40-32-29-37-91(103)92-48-55-113-116(118(92)133)93-38-30-33-41-112(93)135-113)76-43-54-110-99(61-76)127-98-60-75(42-49-108(98)131(102-39-31-28-36-90(102)74-34-26-25-27-35-74)109-63-80(64-111(134-110)117(109)127)78-58-87(125(19,20)21)67-88(59-78)126(22,23)24)100-62-79(77-56-85(123(13,14)15)66-86(57-77)124(16,17)18)65-114(128-100)132-106-52-46-83(121(7,8)9)70-96(106)97-71-84(122(10,11)12)47-53-107(97)132/h25-73H,1-24H3. The zero-order valence-corrected chi connectivity index (χ0v) is 83.7. The first-order valence-corrected chi connectivity index (χ1v) is 49.2. The maximum Gasteiger partial charge on any atom is 0.256 e. The molecule has 2 aliphatic heterocycles. The van der Waals surface area contributed by atoms with Crippen molar-refractivity contribution < 1.29 is 4.74 Å². The maximum absolute atomic E-state index is 7.94. The lowest BCUT2D eigenvalue weighted by molar-refractivity contribution is 0.488. The molecule has 0 atom stereocenters. The van der Waals surface area contributed by atoms with Gasteiger partial charge in [0.2, 0.25) is 0 Å². The van der Waals surface area contributed by atoms with E-state index in [0.29, 0.717) is 0 Å². The van der Waals surface area contributed by atoms with Gasteiger partial charge in [0, 0.05) is 81.1 Å². The number of hydrogen-bond acceptors (Lipinski definition) is 5. The van der Waals surface area contributed by atoms with Gasteiger partial charge in [-0.3, -0.25) is 9.13 Å². The van der Waals surface area contributed by atoms with Crippen molar-refractivity contribution in [2.75, 3.05) is 4.90 Å². The number of aromatic nitrogens is 5. The number of fused-ring (bicyclic) bond motifs is 17. The van der Waals surface area contributed by atoms with Crippen LogP contribution in [0.3, 0.4) is 0 Å². The summed E-state index contributed by atoms with van der Waals surface area (Å²) >= 11 is 1.86. The Balaban J connectivity index is 0.845. The highest BCUT2D eigenvalue weighted by Gasteiger charge is 2.44. The first-order chi connectivity index (χ1) is 63.9. The van der Waals surface area contributed by atoms with Crippen molar-refractivity contribution in [3.8, 4) is 84.7 Å². The van der Waals surface area contributed by atoms with Gasteiger partial charge in [-0.25, -0.2) is 9.97 Å². The second-order valence-electron chi connectivity index (χ2n) is 46.8. The van der Waals surface area contributed by atoms with Crippen LogP contribution in [0.5, 0.6) is 11.5 Å². The van der Waals surface area contributed by atoms with Crippen LogP contribution in [-0.4, -0.2) is 30.4 Å². The van der Waals surface area contributed by atoms with Gasteiger partial charge in [-0.15, -0.1) is 11.3 Å². The summed E-state index contributed by atoms with van der Waals surface area (Å²) < 4.78 is 17.9. The quantitative estimate of drug-likeness (QED) is 0.135. The average Bonchev–Trinajstić information content (AvgIpc) is 1.35. The maximum atomic E-state index is 7.94. The van der Waals surface area contributed by atoms with Gasteiger partial charge in [0.05, 0.1) is 55.9 Å². The summed E-state index contributed by atoms with van der Waals surface area (Å²) in [4.78, 5) is 14.9. The minimum Gasteiger partial charge on any atom is -0.458 e. The van der Waals surface area contributed by atoms with Gasteiger partial charge in [0.15, 0.2) is 0 Å². The van der Waals surface area contributed by atoms with Gasteiger partial charge in [-0.2, -0.15) is 0 Å². The van der Waals surface area contributed by atoms with E-state index >= 15 is 0 Å². The zero-order chi connectivity index (χ0) is 94.3. The van der Waals surface area contributed by atoms with Crippen molar-refractivity contribution in [2.24, 2.45) is 0 Å². The van der Waals surface area contributed by atoms with Gasteiger partial charge in [-0.05, 0) is 259 Å². The average molecular weight is 1780 g/mol. The number of anilines is 3. The Morgan fingerprint density at radius 1 is 0.259 bits per heavy atom. The first-order valence-electron chi connectivity index (χ1n) is 48.4. The fourth-order valence-corrected chi connectivity index (χ4v) is 22.2. The van der Waals surface area contributed by atoms with E-state index in [9.17, 15) is 0 Å². The van der Waals surface area contributed by atoms with E-state index in [1.807, 2.05) is 11.3 Å². The van der Waals surface area contributed by atoms with Crippen molar-refractivity contribution in [1.29, 1.82) is 0 Å². The Morgan fingerprint density at radius 3 is 1.24 bits per heavy atom. The van der Waals surface area contributed by atoms with E-state index in [2.05, 4.69) is 482 Å². The lowest BCUT2D eigenvalue weighted by atomic mass is 9.34. The summed E-state index contributed by atoms with van der Waals surface area (Å²) in [6, 6.07) is 115. The molecule has 0 N–H and O–H groups in total. The normalized spacial score (nSPS) is 13.5. The summed E-state index contributed by atoms with van der Waals surface area (Å²) in [5.41, 5.74) is 33.8. The smallest absolute Gasteiger partial charge is 0.256 e. The number of pyridine rings is 2. The third kappa shape index (κ3) is 14.8. The summed E-state index contributed by atoms with van der Waals surface area (Å²) in [7, 11) is 0.